The van der Waals surface area contributed by atoms with Crippen LogP contribution in [0.5, 0.6) is 0 Å². The molecule has 1 saturated heterocycles. The minimum absolute atomic E-state index is 0.0165. The van der Waals surface area contributed by atoms with Crippen LogP contribution in [0.15, 0.2) is 42.0 Å². The van der Waals surface area contributed by atoms with Gasteiger partial charge in [0.2, 0.25) is 0 Å². The van der Waals surface area contributed by atoms with Crippen LogP contribution in [0.2, 0.25) is 0 Å². The van der Waals surface area contributed by atoms with Crippen molar-refractivity contribution in [1.82, 2.24) is 15.2 Å². The van der Waals surface area contributed by atoms with Gasteiger partial charge in [-0.15, -0.1) is 11.3 Å². The molecule has 5 nitrogen and oxygen atoms in total. The van der Waals surface area contributed by atoms with E-state index in [9.17, 15) is 4.79 Å². The van der Waals surface area contributed by atoms with Gasteiger partial charge in [-0.1, -0.05) is 12.1 Å². The van der Waals surface area contributed by atoms with E-state index in [1.807, 2.05) is 29.8 Å². The summed E-state index contributed by atoms with van der Waals surface area (Å²) in [6.45, 7) is 3.77. The summed E-state index contributed by atoms with van der Waals surface area (Å²) in [5, 5.41) is 4.95. The summed E-state index contributed by atoms with van der Waals surface area (Å²) < 4.78 is 5.43. The molecule has 1 N–H and O–H groups in total. The smallest absolute Gasteiger partial charge is 0.261 e. The predicted octanol–water partition coefficient (Wildman–Crippen LogP) is 1.95. The number of rotatable bonds is 5. The van der Waals surface area contributed by atoms with E-state index in [1.165, 1.54) is 11.3 Å². The molecule has 0 aromatic carbocycles. The highest BCUT2D eigenvalue weighted by atomic mass is 32.1. The summed E-state index contributed by atoms with van der Waals surface area (Å²) >= 11 is 1.46. The summed E-state index contributed by atoms with van der Waals surface area (Å²) in [6, 6.07) is 7.85. The van der Waals surface area contributed by atoms with E-state index in [2.05, 4.69) is 21.3 Å². The van der Waals surface area contributed by atoms with E-state index < -0.39 is 0 Å². The fraction of sp³-hybridized carbons (Fsp3) is 0.375. The SMILES string of the molecule is O=C(NC[C@H](c1cccnc1)N1CCOCC1)c1cccs1. The van der Waals surface area contributed by atoms with E-state index in [1.54, 1.807) is 6.20 Å². The quantitative estimate of drug-likeness (QED) is 0.916. The summed E-state index contributed by atoms with van der Waals surface area (Å²) in [7, 11) is 0. The lowest BCUT2D eigenvalue weighted by Gasteiger charge is -2.34. The number of ether oxygens (including phenoxy) is 1. The van der Waals surface area contributed by atoms with Crippen LogP contribution in [-0.4, -0.2) is 48.6 Å². The zero-order valence-electron chi connectivity index (χ0n) is 12.3. The average Bonchev–Trinajstić information content (AvgIpc) is 3.11. The lowest BCUT2D eigenvalue weighted by molar-refractivity contribution is 0.0161. The third-order valence-electron chi connectivity index (χ3n) is 3.76. The Morgan fingerprint density at radius 1 is 1.36 bits per heavy atom. The van der Waals surface area contributed by atoms with E-state index in [0.717, 1.165) is 36.7 Å². The molecule has 0 radical (unpaired) electrons. The number of morpholine rings is 1. The van der Waals surface area contributed by atoms with E-state index in [-0.39, 0.29) is 11.9 Å². The number of nitrogens with one attached hydrogen (secondary N) is 1. The molecule has 116 valence electrons. The van der Waals surface area contributed by atoms with Gasteiger partial charge in [-0.25, -0.2) is 0 Å². The van der Waals surface area contributed by atoms with Gasteiger partial charge in [0.25, 0.3) is 5.91 Å². The van der Waals surface area contributed by atoms with Crippen LogP contribution in [0, 0.1) is 0 Å². The lowest BCUT2D eigenvalue weighted by atomic mass is 10.1. The number of hydrogen-bond acceptors (Lipinski definition) is 5. The van der Waals surface area contributed by atoms with Crippen molar-refractivity contribution in [3.63, 3.8) is 0 Å². The standard InChI is InChI=1S/C16H19N3O2S/c20-16(15-4-2-10-22-15)18-12-14(13-3-1-5-17-11-13)19-6-8-21-9-7-19/h1-5,10-11,14H,6-9,12H2,(H,18,20)/t14-/m1/s1. The maximum Gasteiger partial charge on any atom is 0.261 e. The molecular weight excluding hydrogens is 298 g/mol. The number of aromatic nitrogens is 1. The molecule has 22 heavy (non-hydrogen) atoms. The molecule has 2 aromatic rings. The number of amides is 1. The Balaban J connectivity index is 1.69. The van der Waals surface area contributed by atoms with E-state index in [0.29, 0.717) is 6.54 Å². The second kappa shape index (κ2) is 7.49. The predicted molar refractivity (Wildman–Crippen MR) is 86.0 cm³/mol. The number of carbonyl (C=O) groups excluding carboxylic acids is 1. The molecule has 0 aliphatic carbocycles. The number of pyridine rings is 1. The third kappa shape index (κ3) is 3.71. The number of hydrogen-bond donors (Lipinski definition) is 1. The first-order valence-electron chi connectivity index (χ1n) is 7.38. The van der Waals surface area contributed by atoms with Crippen LogP contribution in [0.4, 0.5) is 0 Å². The molecule has 3 heterocycles. The zero-order chi connectivity index (χ0) is 15.2. The molecule has 0 unspecified atom stereocenters. The monoisotopic (exact) mass is 317 g/mol. The number of nitrogens with zero attached hydrogens (tertiary/aromatic N) is 2. The fourth-order valence-electron chi connectivity index (χ4n) is 2.60. The zero-order valence-corrected chi connectivity index (χ0v) is 13.1. The minimum Gasteiger partial charge on any atom is -0.379 e. The molecule has 1 aliphatic heterocycles. The van der Waals surface area contributed by atoms with Crippen molar-refractivity contribution in [2.24, 2.45) is 0 Å². The largest absolute Gasteiger partial charge is 0.379 e. The highest BCUT2D eigenvalue weighted by molar-refractivity contribution is 7.12. The van der Waals surface area contributed by atoms with Crippen LogP contribution in [0.1, 0.15) is 21.3 Å². The van der Waals surface area contributed by atoms with Crippen molar-refractivity contribution in [3.8, 4) is 0 Å². The molecule has 1 atom stereocenters. The Bertz CT molecular complexity index is 583. The van der Waals surface area contributed by atoms with Crippen LogP contribution >= 0.6 is 11.3 Å². The molecule has 6 heteroatoms. The molecule has 0 bridgehead atoms. The first-order valence-corrected chi connectivity index (χ1v) is 8.26. The van der Waals surface area contributed by atoms with Gasteiger partial charge in [-0.3, -0.25) is 14.7 Å². The van der Waals surface area contributed by atoms with Crippen molar-refractivity contribution >= 4 is 17.2 Å². The maximum atomic E-state index is 12.2. The van der Waals surface area contributed by atoms with Crippen molar-refractivity contribution in [1.29, 1.82) is 0 Å². The molecule has 0 spiro atoms. The molecule has 1 aliphatic rings. The van der Waals surface area contributed by atoms with Gasteiger partial charge in [0.1, 0.15) is 0 Å². The van der Waals surface area contributed by atoms with Gasteiger partial charge in [-0.2, -0.15) is 0 Å². The van der Waals surface area contributed by atoms with Gasteiger partial charge in [0, 0.05) is 32.0 Å². The molecule has 1 fully saturated rings. The van der Waals surface area contributed by atoms with Crippen molar-refractivity contribution in [3.05, 3.63) is 52.5 Å². The molecular formula is C16H19N3O2S. The maximum absolute atomic E-state index is 12.2. The molecule has 3 rings (SSSR count). The highest BCUT2D eigenvalue weighted by Crippen LogP contribution is 2.20. The van der Waals surface area contributed by atoms with Crippen LogP contribution in [0.25, 0.3) is 0 Å². The molecule has 1 amide bonds. The van der Waals surface area contributed by atoms with E-state index >= 15 is 0 Å². The van der Waals surface area contributed by atoms with Gasteiger partial charge in [-0.05, 0) is 23.1 Å². The Kier molecular flexibility index (Phi) is 5.15. The number of thiophene rings is 1. The number of carbonyl (C=O) groups is 1. The van der Waals surface area contributed by atoms with Crippen molar-refractivity contribution in [2.75, 3.05) is 32.8 Å². The van der Waals surface area contributed by atoms with Crippen LogP contribution < -0.4 is 5.32 Å². The van der Waals surface area contributed by atoms with Gasteiger partial charge in [0.15, 0.2) is 0 Å². The highest BCUT2D eigenvalue weighted by Gasteiger charge is 2.23. The van der Waals surface area contributed by atoms with Crippen molar-refractivity contribution in [2.45, 2.75) is 6.04 Å². The summed E-state index contributed by atoms with van der Waals surface area (Å²) in [4.78, 5) is 19.5. The first kappa shape index (κ1) is 15.1. The topological polar surface area (TPSA) is 54.5 Å². The Morgan fingerprint density at radius 3 is 2.91 bits per heavy atom. The van der Waals surface area contributed by atoms with Gasteiger partial charge < -0.3 is 10.1 Å². The Hall–Kier alpha value is -1.76. The second-order valence-electron chi connectivity index (χ2n) is 5.14. The average molecular weight is 317 g/mol. The van der Waals surface area contributed by atoms with Gasteiger partial charge in [0.05, 0.1) is 24.1 Å². The lowest BCUT2D eigenvalue weighted by Crippen LogP contribution is -2.43. The summed E-state index contributed by atoms with van der Waals surface area (Å²) in [5.74, 6) is -0.0165. The summed E-state index contributed by atoms with van der Waals surface area (Å²) in [6.07, 6.45) is 3.64. The fourth-order valence-corrected chi connectivity index (χ4v) is 3.24. The van der Waals surface area contributed by atoms with Gasteiger partial charge >= 0.3 is 0 Å². The molecule has 2 aromatic heterocycles. The van der Waals surface area contributed by atoms with Crippen LogP contribution in [0.3, 0.4) is 0 Å². The Morgan fingerprint density at radius 2 is 2.23 bits per heavy atom. The minimum atomic E-state index is -0.0165. The third-order valence-corrected chi connectivity index (χ3v) is 4.63. The summed E-state index contributed by atoms with van der Waals surface area (Å²) in [5.41, 5.74) is 1.12. The van der Waals surface area contributed by atoms with Crippen molar-refractivity contribution < 1.29 is 9.53 Å². The van der Waals surface area contributed by atoms with E-state index in [4.69, 9.17) is 4.74 Å². The molecule has 0 saturated carbocycles. The normalized spacial score (nSPS) is 17.1. The van der Waals surface area contributed by atoms with Crippen LogP contribution in [-0.2, 0) is 4.74 Å². The second-order valence-corrected chi connectivity index (χ2v) is 6.09. The Labute approximate surface area is 133 Å². The first-order chi connectivity index (χ1) is 10.8.